The molecular formula is C25H20N2O4S. The number of rotatable bonds is 6. The third-order valence-corrected chi connectivity index (χ3v) is 5.55. The molecule has 0 atom stereocenters. The largest absolute Gasteiger partial charge is 0.457 e. The van der Waals surface area contributed by atoms with E-state index >= 15 is 0 Å². The number of imide groups is 1. The molecule has 1 aliphatic heterocycles. The van der Waals surface area contributed by atoms with Crippen molar-refractivity contribution in [2.75, 3.05) is 11.9 Å². The molecule has 3 aromatic rings. The Morgan fingerprint density at radius 2 is 1.69 bits per heavy atom. The van der Waals surface area contributed by atoms with Gasteiger partial charge >= 0.3 is 0 Å². The highest BCUT2D eigenvalue weighted by atomic mass is 32.2. The average molecular weight is 445 g/mol. The van der Waals surface area contributed by atoms with Crippen molar-refractivity contribution in [2.24, 2.45) is 0 Å². The Kier molecular flexibility index (Phi) is 6.37. The van der Waals surface area contributed by atoms with Crippen LogP contribution >= 0.6 is 11.8 Å². The van der Waals surface area contributed by atoms with E-state index in [0.717, 1.165) is 22.2 Å². The molecule has 160 valence electrons. The lowest BCUT2D eigenvalue weighted by molar-refractivity contribution is -0.127. The van der Waals surface area contributed by atoms with Gasteiger partial charge in [-0.05, 0) is 66.7 Å². The van der Waals surface area contributed by atoms with Crippen molar-refractivity contribution in [3.63, 3.8) is 0 Å². The average Bonchev–Trinajstić information content (AvgIpc) is 3.03. The summed E-state index contributed by atoms with van der Waals surface area (Å²) >= 11 is 0.814. The van der Waals surface area contributed by atoms with Gasteiger partial charge in [-0.25, -0.2) is 0 Å². The molecule has 0 radical (unpaired) electrons. The molecular weight excluding hydrogens is 424 g/mol. The van der Waals surface area contributed by atoms with Gasteiger partial charge in [0.15, 0.2) is 0 Å². The van der Waals surface area contributed by atoms with E-state index in [9.17, 15) is 14.4 Å². The molecule has 1 saturated heterocycles. The third kappa shape index (κ3) is 5.25. The summed E-state index contributed by atoms with van der Waals surface area (Å²) in [5.41, 5.74) is 2.39. The minimum atomic E-state index is -0.492. The maximum absolute atomic E-state index is 12.7. The first-order valence-electron chi connectivity index (χ1n) is 9.93. The highest BCUT2D eigenvalue weighted by Gasteiger charge is 2.36. The lowest BCUT2D eigenvalue weighted by Crippen LogP contribution is -2.36. The number of benzene rings is 3. The monoisotopic (exact) mass is 444 g/mol. The first-order chi connectivity index (χ1) is 15.5. The minimum Gasteiger partial charge on any atom is -0.457 e. The molecule has 0 aromatic heterocycles. The van der Waals surface area contributed by atoms with Crippen LogP contribution in [0.1, 0.15) is 11.1 Å². The SMILES string of the molecule is Cc1ccc(NC(=O)CN2C(=O)SC(=Cc3cccc(Oc4ccccc4)c3)C2=O)cc1. The number of hydrogen-bond acceptors (Lipinski definition) is 5. The van der Waals surface area contributed by atoms with Crippen LogP contribution < -0.4 is 10.1 Å². The molecule has 1 fully saturated rings. The molecule has 3 aromatic carbocycles. The predicted molar refractivity (Wildman–Crippen MR) is 125 cm³/mol. The summed E-state index contributed by atoms with van der Waals surface area (Å²) in [5.74, 6) is 0.385. The van der Waals surface area contributed by atoms with Gasteiger partial charge in [0.05, 0.1) is 4.91 Å². The highest BCUT2D eigenvalue weighted by Crippen LogP contribution is 2.33. The normalized spacial score (nSPS) is 14.7. The highest BCUT2D eigenvalue weighted by molar-refractivity contribution is 8.18. The van der Waals surface area contributed by atoms with Gasteiger partial charge < -0.3 is 10.1 Å². The standard InChI is InChI=1S/C25H20N2O4S/c1-17-10-12-19(13-11-17)26-23(28)16-27-24(29)22(32-25(27)30)15-18-6-5-9-21(14-18)31-20-7-3-2-4-8-20/h2-15H,16H2,1H3,(H,26,28). The second-order valence-corrected chi connectivity index (χ2v) is 8.16. The van der Waals surface area contributed by atoms with Gasteiger partial charge in [0, 0.05) is 5.69 Å². The van der Waals surface area contributed by atoms with E-state index in [1.807, 2.05) is 67.6 Å². The Hall–Kier alpha value is -3.84. The van der Waals surface area contributed by atoms with Crippen LogP contribution in [0.4, 0.5) is 10.5 Å². The summed E-state index contributed by atoms with van der Waals surface area (Å²) in [6, 6.07) is 23.9. The number of para-hydroxylation sites is 1. The third-order valence-electron chi connectivity index (χ3n) is 4.65. The van der Waals surface area contributed by atoms with Crippen molar-refractivity contribution in [1.29, 1.82) is 0 Å². The first-order valence-corrected chi connectivity index (χ1v) is 10.7. The van der Waals surface area contributed by atoms with Crippen LogP contribution in [0.3, 0.4) is 0 Å². The van der Waals surface area contributed by atoms with E-state index in [-0.39, 0.29) is 11.4 Å². The van der Waals surface area contributed by atoms with Crippen molar-refractivity contribution in [3.8, 4) is 11.5 Å². The summed E-state index contributed by atoms with van der Waals surface area (Å²) in [5, 5.41) is 2.23. The fourth-order valence-corrected chi connectivity index (χ4v) is 3.90. The molecule has 6 nitrogen and oxygen atoms in total. The van der Waals surface area contributed by atoms with E-state index in [4.69, 9.17) is 4.74 Å². The molecule has 0 aliphatic carbocycles. The maximum atomic E-state index is 12.7. The predicted octanol–water partition coefficient (Wildman–Crippen LogP) is 5.46. The van der Waals surface area contributed by atoms with Crippen molar-refractivity contribution >= 4 is 40.6 Å². The molecule has 1 heterocycles. The van der Waals surface area contributed by atoms with E-state index in [2.05, 4.69) is 5.32 Å². The van der Waals surface area contributed by atoms with Crippen molar-refractivity contribution in [2.45, 2.75) is 6.92 Å². The molecule has 1 N–H and O–H groups in total. The number of nitrogens with zero attached hydrogens (tertiary/aromatic N) is 1. The van der Waals surface area contributed by atoms with Crippen LogP contribution in [0.15, 0.2) is 83.8 Å². The molecule has 0 saturated carbocycles. The van der Waals surface area contributed by atoms with Crippen LogP contribution in [-0.4, -0.2) is 28.5 Å². The fourth-order valence-electron chi connectivity index (χ4n) is 3.06. The van der Waals surface area contributed by atoms with Crippen molar-refractivity contribution < 1.29 is 19.1 Å². The van der Waals surface area contributed by atoms with E-state index in [1.54, 1.807) is 24.3 Å². The van der Waals surface area contributed by atoms with Crippen LogP contribution in [0, 0.1) is 6.92 Å². The summed E-state index contributed by atoms with van der Waals surface area (Å²) in [6.45, 7) is 1.61. The van der Waals surface area contributed by atoms with Gasteiger partial charge in [-0.15, -0.1) is 0 Å². The number of anilines is 1. The van der Waals surface area contributed by atoms with Crippen LogP contribution in [-0.2, 0) is 9.59 Å². The Labute approximate surface area is 189 Å². The van der Waals surface area contributed by atoms with Gasteiger partial charge in [0.2, 0.25) is 5.91 Å². The first kappa shape index (κ1) is 21.4. The molecule has 0 unspecified atom stereocenters. The van der Waals surface area contributed by atoms with Gasteiger partial charge in [0.1, 0.15) is 18.0 Å². The zero-order valence-corrected chi connectivity index (χ0v) is 18.1. The molecule has 0 bridgehead atoms. The smallest absolute Gasteiger partial charge is 0.294 e. The van der Waals surface area contributed by atoms with Gasteiger partial charge in [-0.2, -0.15) is 0 Å². The van der Waals surface area contributed by atoms with Crippen LogP contribution in [0.5, 0.6) is 11.5 Å². The van der Waals surface area contributed by atoms with E-state index < -0.39 is 17.1 Å². The van der Waals surface area contributed by atoms with Gasteiger partial charge in [0.25, 0.3) is 11.1 Å². The molecule has 4 rings (SSSR count). The Morgan fingerprint density at radius 1 is 0.969 bits per heavy atom. The van der Waals surface area contributed by atoms with E-state index in [1.165, 1.54) is 0 Å². The fraction of sp³-hybridized carbons (Fsp3) is 0.0800. The Bertz CT molecular complexity index is 1190. The molecule has 0 spiro atoms. The van der Waals surface area contributed by atoms with Crippen molar-refractivity contribution in [3.05, 3.63) is 94.9 Å². The zero-order chi connectivity index (χ0) is 22.5. The Balaban J connectivity index is 1.43. The Morgan fingerprint density at radius 3 is 2.44 bits per heavy atom. The number of hydrogen-bond donors (Lipinski definition) is 1. The van der Waals surface area contributed by atoms with Gasteiger partial charge in [-0.1, -0.05) is 48.0 Å². The number of aryl methyl sites for hydroxylation is 1. The number of ether oxygens (including phenoxy) is 1. The maximum Gasteiger partial charge on any atom is 0.294 e. The molecule has 32 heavy (non-hydrogen) atoms. The second-order valence-electron chi connectivity index (χ2n) is 7.17. The minimum absolute atomic E-state index is 0.259. The zero-order valence-electron chi connectivity index (χ0n) is 17.3. The second kappa shape index (κ2) is 9.53. The summed E-state index contributed by atoms with van der Waals surface area (Å²) in [4.78, 5) is 38.6. The molecule has 1 aliphatic rings. The molecule has 7 heteroatoms. The summed E-state index contributed by atoms with van der Waals surface area (Å²) < 4.78 is 5.82. The number of thioether (sulfide) groups is 1. The molecule has 3 amide bonds. The van der Waals surface area contributed by atoms with E-state index in [0.29, 0.717) is 22.7 Å². The van der Waals surface area contributed by atoms with Crippen LogP contribution in [0.2, 0.25) is 0 Å². The number of amides is 3. The lowest BCUT2D eigenvalue weighted by atomic mass is 10.2. The lowest BCUT2D eigenvalue weighted by Gasteiger charge is -2.12. The quantitative estimate of drug-likeness (QED) is 0.511. The number of nitrogens with one attached hydrogen (secondary N) is 1. The topological polar surface area (TPSA) is 75.7 Å². The number of carbonyl (C=O) groups excluding carboxylic acids is 3. The van der Waals surface area contributed by atoms with Crippen LogP contribution in [0.25, 0.3) is 6.08 Å². The number of carbonyl (C=O) groups is 3. The van der Waals surface area contributed by atoms with Gasteiger partial charge in [-0.3, -0.25) is 19.3 Å². The van der Waals surface area contributed by atoms with Crippen molar-refractivity contribution in [1.82, 2.24) is 4.90 Å². The summed E-state index contributed by atoms with van der Waals surface area (Å²) in [7, 11) is 0. The summed E-state index contributed by atoms with van der Waals surface area (Å²) in [6.07, 6.45) is 1.63.